The van der Waals surface area contributed by atoms with E-state index in [9.17, 15) is 27.1 Å². The molecular formula is C11H10ClF5O. The van der Waals surface area contributed by atoms with Gasteiger partial charge in [0.25, 0.3) is 0 Å². The highest BCUT2D eigenvalue weighted by molar-refractivity contribution is 6.30. The highest BCUT2D eigenvalue weighted by Gasteiger charge is 2.59. The average molecular weight is 289 g/mol. The fourth-order valence-corrected chi connectivity index (χ4v) is 1.57. The van der Waals surface area contributed by atoms with Crippen molar-refractivity contribution >= 4 is 11.6 Å². The number of aliphatic hydroxyl groups is 1. The summed E-state index contributed by atoms with van der Waals surface area (Å²) in [6.07, 6.45) is -7.44. The fraction of sp³-hybridized carbons (Fsp3) is 0.455. The molecule has 1 nitrogen and oxygen atoms in total. The Labute approximate surface area is 105 Å². The molecule has 1 rings (SSSR count). The zero-order chi connectivity index (χ0) is 14.2. The Balaban J connectivity index is 2.98. The molecule has 18 heavy (non-hydrogen) atoms. The van der Waals surface area contributed by atoms with Gasteiger partial charge in [-0.15, -0.1) is 0 Å². The van der Waals surface area contributed by atoms with Crippen LogP contribution in [0.2, 0.25) is 5.02 Å². The Morgan fingerprint density at radius 3 is 1.89 bits per heavy atom. The van der Waals surface area contributed by atoms with Crippen LogP contribution in [-0.4, -0.2) is 17.2 Å². The topological polar surface area (TPSA) is 20.2 Å². The maximum Gasteiger partial charge on any atom is 0.453 e. The third kappa shape index (κ3) is 3.32. The van der Waals surface area contributed by atoms with E-state index in [0.717, 1.165) is 6.92 Å². The van der Waals surface area contributed by atoms with Crippen LogP contribution in [0, 0.1) is 0 Å². The van der Waals surface area contributed by atoms with Crippen molar-refractivity contribution in [3.63, 3.8) is 0 Å². The predicted molar refractivity (Wildman–Crippen MR) is 56.6 cm³/mol. The third-order valence-corrected chi connectivity index (χ3v) is 2.70. The van der Waals surface area contributed by atoms with Crippen molar-refractivity contribution in [2.75, 3.05) is 0 Å². The van der Waals surface area contributed by atoms with E-state index in [2.05, 4.69) is 0 Å². The van der Waals surface area contributed by atoms with Gasteiger partial charge in [0.05, 0.1) is 12.0 Å². The van der Waals surface area contributed by atoms with Gasteiger partial charge in [-0.25, -0.2) is 0 Å². The van der Waals surface area contributed by atoms with Crippen LogP contribution in [0.15, 0.2) is 24.3 Å². The van der Waals surface area contributed by atoms with Crippen molar-refractivity contribution < 1.29 is 27.1 Å². The van der Waals surface area contributed by atoms with Crippen molar-refractivity contribution in [3.8, 4) is 0 Å². The van der Waals surface area contributed by atoms with E-state index in [1.807, 2.05) is 0 Å². The molecule has 1 aromatic carbocycles. The molecule has 0 spiro atoms. The first-order valence-corrected chi connectivity index (χ1v) is 5.26. The number of hydrogen-bond acceptors (Lipinski definition) is 1. The summed E-state index contributed by atoms with van der Waals surface area (Å²) in [5.41, 5.74) is -2.36. The predicted octanol–water partition coefficient (Wildman–Crippen LogP) is 4.14. The number of hydrogen-bond donors (Lipinski definition) is 1. The second-order valence-electron chi connectivity index (χ2n) is 4.16. The Hall–Kier alpha value is -0.880. The maximum atomic E-state index is 12.9. The molecule has 0 aliphatic carbocycles. The van der Waals surface area contributed by atoms with Crippen molar-refractivity contribution in [2.24, 2.45) is 0 Å². The van der Waals surface area contributed by atoms with Crippen LogP contribution in [0.3, 0.4) is 0 Å². The molecule has 102 valence electrons. The standard InChI is InChI=1S/C11H10ClF5O/c1-9(18,6-10(13,14)11(15,16)17)7-2-4-8(12)5-3-7/h2-5,18H,6H2,1H3. The first kappa shape index (κ1) is 15.2. The Morgan fingerprint density at radius 1 is 1.06 bits per heavy atom. The van der Waals surface area contributed by atoms with E-state index >= 15 is 0 Å². The van der Waals surface area contributed by atoms with Crippen molar-refractivity contribution in [3.05, 3.63) is 34.9 Å². The van der Waals surface area contributed by atoms with Gasteiger partial charge in [0.2, 0.25) is 0 Å². The normalized spacial score (nSPS) is 16.4. The quantitative estimate of drug-likeness (QED) is 0.829. The number of alkyl halides is 5. The molecule has 1 unspecified atom stereocenters. The summed E-state index contributed by atoms with van der Waals surface area (Å²) in [4.78, 5) is 0. The van der Waals surface area contributed by atoms with Gasteiger partial charge in [0.15, 0.2) is 0 Å². The molecule has 0 amide bonds. The largest absolute Gasteiger partial charge is 0.453 e. The summed E-state index contributed by atoms with van der Waals surface area (Å²) in [5.74, 6) is -4.96. The SMILES string of the molecule is CC(O)(CC(F)(F)C(F)(F)F)c1ccc(Cl)cc1. The van der Waals surface area contributed by atoms with Crippen LogP contribution in [0.25, 0.3) is 0 Å². The van der Waals surface area contributed by atoms with Gasteiger partial charge in [0.1, 0.15) is 0 Å². The third-order valence-electron chi connectivity index (χ3n) is 2.45. The van der Waals surface area contributed by atoms with Gasteiger partial charge < -0.3 is 5.11 Å². The second kappa shape index (κ2) is 4.66. The van der Waals surface area contributed by atoms with E-state index in [4.69, 9.17) is 11.6 Å². The summed E-state index contributed by atoms with van der Waals surface area (Å²) in [5, 5.41) is 10.0. The van der Waals surface area contributed by atoms with E-state index in [-0.39, 0.29) is 10.6 Å². The lowest BCUT2D eigenvalue weighted by Gasteiger charge is -2.29. The van der Waals surface area contributed by atoms with Crippen LogP contribution >= 0.6 is 11.6 Å². The summed E-state index contributed by atoms with van der Waals surface area (Å²) < 4.78 is 61.9. The van der Waals surface area contributed by atoms with Crippen molar-refractivity contribution in [1.29, 1.82) is 0 Å². The lowest BCUT2D eigenvalue weighted by molar-refractivity contribution is -0.296. The molecule has 0 aromatic heterocycles. The molecule has 1 atom stereocenters. The minimum Gasteiger partial charge on any atom is -0.385 e. The second-order valence-corrected chi connectivity index (χ2v) is 4.60. The first-order chi connectivity index (χ1) is 7.96. The van der Waals surface area contributed by atoms with E-state index in [1.54, 1.807) is 0 Å². The van der Waals surface area contributed by atoms with Gasteiger partial charge in [-0.3, -0.25) is 0 Å². The smallest absolute Gasteiger partial charge is 0.385 e. The molecule has 0 heterocycles. The van der Waals surface area contributed by atoms with Crippen molar-refractivity contribution in [2.45, 2.75) is 31.0 Å². The molecule has 1 aromatic rings. The molecule has 0 aliphatic heterocycles. The molecule has 0 saturated heterocycles. The van der Waals surface area contributed by atoms with Crippen LogP contribution in [0.5, 0.6) is 0 Å². The monoisotopic (exact) mass is 288 g/mol. The summed E-state index contributed by atoms with van der Waals surface area (Å²) in [7, 11) is 0. The highest BCUT2D eigenvalue weighted by Crippen LogP contribution is 2.43. The summed E-state index contributed by atoms with van der Waals surface area (Å²) >= 11 is 5.56. The average Bonchev–Trinajstić information content (AvgIpc) is 2.14. The molecule has 0 bridgehead atoms. The molecule has 7 heteroatoms. The van der Waals surface area contributed by atoms with Gasteiger partial charge in [-0.1, -0.05) is 23.7 Å². The summed E-state index contributed by atoms with van der Waals surface area (Å²) in [6, 6.07) is 5.01. The summed E-state index contributed by atoms with van der Waals surface area (Å²) in [6.45, 7) is 0.899. The molecule has 1 N–H and O–H groups in total. The van der Waals surface area contributed by atoms with Crippen molar-refractivity contribution in [1.82, 2.24) is 0 Å². The van der Waals surface area contributed by atoms with Gasteiger partial charge in [0, 0.05) is 5.02 Å². The molecule has 0 aliphatic rings. The minimum atomic E-state index is -5.69. The lowest BCUT2D eigenvalue weighted by atomic mass is 9.89. The van der Waals surface area contributed by atoms with Gasteiger partial charge >= 0.3 is 12.1 Å². The lowest BCUT2D eigenvalue weighted by Crippen LogP contribution is -2.42. The van der Waals surface area contributed by atoms with Gasteiger partial charge in [-0.2, -0.15) is 22.0 Å². The molecular weight excluding hydrogens is 279 g/mol. The van der Waals surface area contributed by atoms with Crippen LogP contribution in [0.4, 0.5) is 22.0 Å². The fourth-order valence-electron chi connectivity index (χ4n) is 1.44. The maximum absolute atomic E-state index is 12.9. The Bertz CT molecular complexity index is 410. The number of benzene rings is 1. The molecule has 0 saturated carbocycles. The zero-order valence-corrected chi connectivity index (χ0v) is 9.99. The Morgan fingerprint density at radius 2 is 1.50 bits per heavy atom. The first-order valence-electron chi connectivity index (χ1n) is 4.89. The van der Waals surface area contributed by atoms with Crippen LogP contribution in [0.1, 0.15) is 18.9 Å². The minimum absolute atomic E-state index is 0.0594. The Kier molecular flexibility index (Phi) is 3.93. The van der Waals surface area contributed by atoms with E-state index < -0.39 is 24.1 Å². The highest BCUT2D eigenvalue weighted by atomic mass is 35.5. The van der Waals surface area contributed by atoms with Crippen LogP contribution < -0.4 is 0 Å². The van der Waals surface area contributed by atoms with E-state index in [0.29, 0.717) is 0 Å². The van der Waals surface area contributed by atoms with Crippen LogP contribution in [-0.2, 0) is 5.60 Å². The number of halogens is 6. The molecule has 0 fully saturated rings. The molecule has 0 radical (unpaired) electrons. The number of rotatable bonds is 3. The van der Waals surface area contributed by atoms with E-state index in [1.165, 1.54) is 24.3 Å². The zero-order valence-electron chi connectivity index (χ0n) is 9.23. The van der Waals surface area contributed by atoms with Gasteiger partial charge in [-0.05, 0) is 24.6 Å².